The largest absolute Gasteiger partial charge is 0.301 e. The van der Waals surface area contributed by atoms with Crippen LogP contribution in [0.5, 0.6) is 0 Å². The summed E-state index contributed by atoms with van der Waals surface area (Å²) in [6.07, 6.45) is 7.10. The van der Waals surface area contributed by atoms with E-state index in [0.717, 1.165) is 34.8 Å². The highest BCUT2D eigenvalue weighted by molar-refractivity contribution is 5.66. The molecule has 0 bridgehead atoms. The number of likely N-dealkylation sites (tertiary alicyclic amines) is 1. The highest BCUT2D eigenvalue weighted by Gasteiger charge is 2.23. The van der Waals surface area contributed by atoms with Crippen LogP contribution in [0.25, 0.3) is 11.3 Å². The summed E-state index contributed by atoms with van der Waals surface area (Å²) in [6, 6.07) is 0.652. The Bertz CT molecular complexity index is 634. The predicted molar refractivity (Wildman–Crippen MR) is 92.2 cm³/mol. The first-order chi connectivity index (χ1) is 11.1. The molecule has 0 radical (unpaired) electrons. The van der Waals surface area contributed by atoms with E-state index in [4.69, 9.17) is 0 Å². The Morgan fingerprint density at radius 1 is 1.17 bits per heavy atom. The van der Waals surface area contributed by atoms with Gasteiger partial charge < -0.3 is 4.90 Å². The molecule has 1 aliphatic rings. The van der Waals surface area contributed by atoms with Gasteiger partial charge in [0.2, 0.25) is 0 Å². The molecular weight excluding hydrogens is 286 g/mol. The average Bonchev–Trinajstić information content (AvgIpc) is 2.87. The van der Waals surface area contributed by atoms with Crippen molar-refractivity contribution in [1.29, 1.82) is 0 Å². The van der Waals surface area contributed by atoms with Crippen molar-refractivity contribution in [3.8, 4) is 11.3 Å². The number of nitrogens with zero attached hydrogens (tertiary/aromatic N) is 4. The third kappa shape index (κ3) is 3.44. The number of rotatable bonds is 4. The molecule has 1 saturated heterocycles. The summed E-state index contributed by atoms with van der Waals surface area (Å²) in [5, 5.41) is 7.37. The molecule has 0 atom stereocenters. The molecule has 0 spiro atoms. The Balaban J connectivity index is 1.77. The second kappa shape index (κ2) is 6.79. The number of hydrogen-bond donors (Lipinski definition) is 1. The lowest BCUT2D eigenvalue weighted by atomic mass is 9.90. The summed E-state index contributed by atoms with van der Waals surface area (Å²) in [4.78, 5) is 11.8. The van der Waals surface area contributed by atoms with Gasteiger partial charge in [-0.15, -0.1) is 0 Å². The van der Waals surface area contributed by atoms with Gasteiger partial charge in [-0.1, -0.05) is 0 Å². The minimum absolute atomic E-state index is 0.652. The van der Waals surface area contributed by atoms with E-state index in [1.165, 1.54) is 25.9 Å². The molecule has 0 aromatic carbocycles. The zero-order valence-electron chi connectivity index (χ0n) is 14.6. The van der Waals surface area contributed by atoms with Gasteiger partial charge in [0.25, 0.3) is 0 Å². The van der Waals surface area contributed by atoms with Gasteiger partial charge >= 0.3 is 0 Å². The topological polar surface area (TPSA) is 57.7 Å². The van der Waals surface area contributed by atoms with E-state index in [9.17, 15) is 0 Å². The zero-order valence-corrected chi connectivity index (χ0v) is 14.6. The summed E-state index contributed by atoms with van der Waals surface area (Å²) >= 11 is 0. The fourth-order valence-electron chi connectivity index (χ4n) is 3.57. The molecule has 0 unspecified atom stereocenters. The second-order valence-electron chi connectivity index (χ2n) is 6.94. The van der Waals surface area contributed by atoms with E-state index < -0.39 is 0 Å². The Labute approximate surface area is 138 Å². The van der Waals surface area contributed by atoms with E-state index in [0.29, 0.717) is 12.0 Å². The highest BCUT2D eigenvalue weighted by atomic mass is 15.1. The minimum atomic E-state index is 0.652. The second-order valence-corrected chi connectivity index (χ2v) is 6.94. The number of aromatic amines is 1. The van der Waals surface area contributed by atoms with Crippen molar-refractivity contribution in [3.05, 3.63) is 29.5 Å². The van der Waals surface area contributed by atoms with E-state index >= 15 is 0 Å². The fourth-order valence-corrected chi connectivity index (χ4v) is 3.57. The first-order valence-electron chi connectivity index (χ1n) is 8.62. The summed E-state index contributed by atoms with van der Waals surface area (Å²) in [6.45, 7) is 11.0. The SMILES string of the molecule is Cc1n[nH]c(C)c1-c1nccnc1CC1CCN(C(C)C)CC1. The average molecular weight is 313 g/mol. The monoisotopic (exact) mass is 313 g/mol. The maximum Gasteiger partial charge on any atom is 0.0954 e. The molecule has 0 saturated carbocycles. The van der Waals surface area contributed by atoms with Crippen LogP contribution in [0.2, 0.25) is 0 Å². The third-order valence-corrected chi connectivity index (χ3v) is 5.00. The first kappa shape index (κ1) is 16.1. The Morgan fingerprint density at radius 3 is 2.48 bits per heavy atom. The minimum Gasteiger partial charge on any atom is -0.301 e. The molecule has 5 nitrogen and oxygen atoms in total. The standard InChI is InChI=1S/C18H27N5/c1-12(2)23-9-5-15(6-10-23)11-16-18(20-8-7-19-16)17-13(3)21-22-14(17)4/h7-8,12,15H,5-6,9-11H2,1-4H3,(H,21,22). The summed E-state index contributed by atoms with van der Waals surface area (Å²) in [5.74, 6) is 0.702. The van der Waals surface area contributed by atoms with Crippen molar-refractivity contribution in [1.82, 2.24) is 25.1 Å². The predicted octanol–water partition coefficient (Wildman–Crippen LogP) is 3.15. The lowest BCUT2D eigenvalue weighted by molar-refractivity contribution is 0.149. The third-order valence-electron chi connectivity index (χ3n) is 5.00. The Morgan fingerprint density at radius 2 is 1.87 bits per heavy atom. The van der Waals surface area contributed by atoms with Gasteiger partial charge in [0.05, 0.1) is 17.1 Å². The van der Waals surface area contributed by atoms with Crippen LogP contribution in [-0.2, 0) is 6.42 Å². The van der Waals surface area contributed by atoms with E-state index in [1.54, 1.807) is 6.20 Å². The Hall–Kier alpha value is -1.75. The molecule has 3 heterocycles. The van der Waals surface area contributed by atoms with Gasteiger partial charge in [0.15, 0.2) is 0 Å². The van der Waals surface area contributed by atoms with Gasteiger partial charge in [-0.05, 0) is 66.0 Å². The number of aryl methyl sites for hydroxylation is 2. The molecule has 0 aliphatic carbocycles. The van der Waals surface area contributed by atoms with Crippen LogP contribution in [0.4, 0.5) is 0 Å². The maximum absolute atomic E-state index is 4.65. The van der Waals surface area contributed by atoms with Gasteiger partial charge in [0, 0.05) is 29.7 Å². The fraction of sp³-hybridized carbons (Fsp3) is 0.611. The number of H-pyrrole nitrogens is 1. The van der Waals surface area contributed by atoms with Crippen molar-refractivity contribution >= 4 is 0 Å². The van der Waals surface area contributed by atoms with Crippen LogP contribution in [0.1, 0.15) is 43.8 Å². The van der Waals surface area contributed by atoms with Crippen molar-refractivity contribution < 1.29 is 0 Å². The summed E-state index contributed by atoms with van der Waals surface area (Å²) in [5.41, 5.74) is 5.30. The zero-order chi connectivity index (χ0) is 16.4. The molecule has 0 amide bonds. The van der Waals surface area contributed by atoms with Gasteiger partial charge in [0.1, 0.15) is 0 Å². The number of piperidine rings is 1. The molecule has 5 heteroatoms. The molecule has 2 aromatic rings. The van der Waals surface area contributed by atoms with Gasteiger partial charge in [-0.2, -0.15) is 5.10 Å². The lowest BCUT2D eigenvalue weighted by Gasteiger charge is -2.34. The summed E-state index contributed by atoms with van der Waals surface area (Å²) < 4.78 is 0. The molecule has 1 fully saturated rings. The van der Waals surface area contributed by atoms with E-state index in [-0.39, 0.29) is 0 Å². The molecule has 23 heavy (non-hydrogen) atoms. The van der Waals surface area contributed by atoms with Crippen LogP contribution in [0, 0.1) is 19.8 Å². The lowest BCUT2D eigenvalue weighted by Crippen LogP contribution is -2.38. The van der Waals surface area contributed by atoms with Crippen LogP contribution in [-0.4, -0.2) is 44.2 Å². The molecular formula is C18H27N5. The molecule has 2 aromatic heterocycles. The van der Waals surface area contributed by atoms with Gasteiger partial charge in [-0.25, -0.2) is 0 Å². The number of hydrogen-bond acceptors (Lipinski definition) is 4. The highest BCUT2D eigenvalue weighted by Crippen LogP contribution is 2.29. The summed E-state index contributed by atoms with van der Waals surface area (Å²) in [7, 11) is 0. The maximum atomic E-state index is 4.65. The quantitative estimate of drug-likeness (QED) is 0.942. The molecule has 124 valence electrons. The molecule has 1 N–H and O–H groups in total. The van der Waals surface area contributed by atoms with Crippen LogP contribution in [0.3, 0.4) is 0 Å². The smallest absolute Gasteiger partial charge is 0.0954 e. The van der Waals surface area contributed by atoms with Crippen molar-refractivity contribution in [2.45, 2.75) is 53.0 Å². The van der Waals surface area contributed by atoms with Crippen LogP contribution < -0.4 is 0 Å². The first-order valence-corrected chi connectivity index (χ1v) is 8.62. The van der Waals surface area contributed by atoms with Crippen LogP contribution >= 0.6 is 0 Å². The number of aromatic nitrogens is 4. The normalized spacial score (nSPS) is 17.1. The molecule has 3 rings (SSSR count). The van der Waals surface area contributed by atoms with Gasteiger partial charge in [-0.3, -0.25) is 15.1 Å². The Kier molecular flexibility index (Phi) is 4.76. The number of nitrogens with one attached hydrogen (secondary N) is 1. The van der Waals surface area contributed by atoms with Crippen LogP contribution in [0.15, 0.2) is 12.4 Å². The van der Waals surface area contributed by atoms with E-state index in [1.807, 2.05) is 13.1 Å². The van der Waals surface area contributed by atoms with Crippen molar-refractivity contribution in [2.75, 3.05) is 13.1 Å². The van der Waals surface area contributed by atoms with Crippen molar-refractivity contribution in [2.24, 2.45) is 5.92 Å². The van der Waals surface area contributed by atoms with E-state index in [2.05, 4.69) is 45.8 Å². The molecule has 1 aliphatic heterocycles. The van der Waals surface area contributed by atoms with Crippen molar-refractivity contribution in [3.63, 3.8) is 0 Å².